The van der Waals surface area contributed by atoms with Gasteiger partial charge in [-0.05, 0) is 49.6 Å². The SMILES string of the molecule is O=C(c1ccc(-c2ccc3cc[nH]c3n2)cc1)N1CCCCC1. The number of hydrogen-bond acceptors (Lipinski definition) is 2. The second-order valence-corrected chi connectivity index (χ2v) is 6.04. The van der Waals surface area contributed by atoms with Crippen molar-refractivity contribution in [2.75, 3.05) is 13.1 Å². The molecular weight excluding hydrogens is 286 g/mol. The highest BCUT2D eigenvalue weighted by molar-refractivity contribution is 5.94. The van der Waals surface area contributed by atoms with Crippen LogP contribution in [-0.2, 0) is 0 Å². The molecule has 0 bridgehead atoms. The fourth-order valence-electron chi connectivity index (χ4n) is 3.15. The summed E-state index contributed by atoms with van der Waals surface area (Å²) in [4.78, 5) is 22.2. The van der Waals surface area contributed by atoms with E-state index in [4.69, 9.17) is 0 Å². The Morgan fingerprint density at radius 1 is 0.957 bits per heavy atom. The lowest BCUT2D eigenvalue weighted by atomic mass is 10.1. The maximum atomic E-state index is 12.5. The Balaban J connectivity index is 1.58. The second kappa shape index (κ2) is 5.88. The largest absolute Gasteiger partial charge is 0.346 e. The fraction of sp³-hybridized carbons (Fsp3) is 0.263. The number of aromatic amines is 1. The molecule has 0 radical (unpaired) electrons. The number of rotatable bonds is 2. The van der Waals surface area contributed by atoms with Crippen LogP contribution in [-0.4, -0.2) is 33.9 Å². The predicted octanol–water partition coefficient (Wildman–Crippen LogP) is 3.86. The van der Waals surface area contributed by atoms with Gasteiger partial charge in [0.05, 0.1) is 5.69 Å². The van der Waals surface area contributed by atoms with Crippen LogP contribution in [0, 0.1) is 0 Å². The number of carbonyl (C=O) groups is 1. The first-order valence-electron chi connectivity index (χ1n) is 8.15. The highest BCUT2D eigenvalue weighted by Gasteiger charge is 2.18. The third-order valence-electron chi connectivity index (χ3n) is 4.48. The number of H-pyrrole nitrogens is 1. The Hall–Kier alpha value is -2.62. The van der Waals surface area contributed by atoms with Gasteiger partial charge < -0.3 is 9.88 Å². The molecule has 1 fully saturated rings. The van der Waals surface area contributed by atoms with E-state index < -0.39 is 0 Å². The number of hydrogen-bond donors (Lipinski definition) is 1. The lowest BCUT2D eigenvalue weighted by Gasteiger charge is -2.26. The van der Waals surface area contributed by atoms with E-state index in [1.54, 1.807) is 0 Å². The molecule has 4 heteroatoms. The van der Waals surface area contributed by atoms with Crippen LogP contribution in [0.5, 0.6) is 0 Å². The van der Waals surface area contributed by atoms with Crippen molar-refractivity contribution in [1.29, 1.82) is 0 Å². The molecule has 1 aromatic carbocycles. The molecule has 1 aliphatic rings. The van der Waals surface area contributed by atoms with Gasteiger partial charge in [0.25, 0.3) is 5.91 Å². The minimum absolute atomic E-state index is 0.143. The summed E-state index contributed by atoms with van der Waals surface area (Å²) in [5, 5.41) is 1.10. The van der Waals surface area contributed by atoms with Crippen molar-refractivity contribution in [3.8, 4) is 11.3 Å². The standard InChI is InChI=1S/C19H19N3O/c23-19(22-12-2-1-3-13-22)16-6-4-14(5-7-16)17-9-8-15-10-11-20-18(15)21-17/h4-11H,1-3,12-13H2,(H,20,21). The maximum Gasteiger partial charge on any atom is 0.253 e. The molecule has 1 amide bonds. The van der Waals surface area contributed by atoms with E-state index in [1.165, 1.54) is 6.42 Å². The Morgan fingerprint density at radius 2 is 1.74 bits per heavy atom. The van der Waals surface area contributed by atoms with Gasteiger partial charge >= 0.3 is 0 Å². The number of amides is 1. The normalized spacial score (nSPS) is 15.0. The number of fused-ring (bicyclic) bond motifs is 1. The van der Waals surface area contributed by atoms with Crippen LogP contribution in [0.15, 0.2) is 48.7 Å². The Kier molecular flexibility index (Phi) is 3.58. The van der Waals surface area contributed by atoms with Crippen LogP contribution >= 0.6 is 0 Å². The quantitative estimate of drug-likeness (QED) is 0.781. The third kappa shape index (κ3) is 2.72. The maximum absolute atomic E-state index is 12.5. The van der Waals surface area contributed by atoms with E-state index in [0.717, 1.165) is 53.8 Å². The molecule has 1 N–H and O–H groups in total. The molecule has 0 saturated carbocycles. The van der Waals surface area contributed by atoms with E-state index in [0.29, 0.717) is 0 Å². The predicted molar refractivity (Wildman–Crippen MR) is 91.3 cm³/mol. The molecule has 3 heterocycles. The van der Waals surface area contributed by atoms with Crippen molar-refractivity contribution in [2.45, 2.75) is 19.3 Å². The van der Waals surface area contributed by atoms with Gasteiger partial charge in [0, 0.05) is 35.8 Å². The van der Waals surface area contributed by atoms with Crippen molar-refractivity contribution in [3.63, 3.8) is 0 Å². The smallest absolute Gasteiger partial charge is 0.253 e. The summed E-state index contributed by atoms with van der Waals surface area (Å²) >= 11 is 0. The molecule has 3 aromatic rings. The van der Waals surface area contributed by atoms with Crippen LogP contribution in [0.3, 0.4) is 0 Å². The molecule has 4 rings (SSSR count). The molecule has 23 heavy (non-hydrogen) atoms. The van der Waals surface area contributed by atoms with Crippen LogP contribution < -0.4 is 0 Å². The monoisotopic (exact) mass is 305 g/mol. The number of carbonyl (C=O) groups excluding carboxylic acids is 1. The van der Waals surface area contributed by atoms with Crippen LogP contribution in [0.2, 0.25) is 0 Å². The van der Waals surface area contributed by atoms with Gasteiger partial charge in [0.2, 0.25) is 0 Å². The summed E-state index contributed by atoms with van der Waals surface area (Å²) in [5.74, 6) is 0.143. The lowest BCUT2D eigenvalue weighted by molar-refractivity contribution is 0.0724. The zero-order valence-corrected chi connectivity index (χ0v) is 13.0. The number of pyridine rings is 1. The molecule has 1 saturated heterocycles. The molecule has 1 aliphatic heterocycles. The first-order chi connectivity index (χ1) is 11.3. The molecule has 2 aromatic heterocycles. The van der Waals surface area contributed by atoms with Gasteiger partial charge in [-0.25, -0.2) is 4.98 Å². The van der Waals surface area contributed by atoms with Gasteiger partial charge in [-0.3, -0.25) is 4.79 Å². The highest BCUT2D eigenvalue weighted by atomic mass is 16.2. The average Bonchev–Trinajstić information content (AvgIpc) is 3.10. The summed E-state index contributed by atoms with van der Waals surface area (Å²) in [6, 6.07) is 13.9. The van der Waals surface area contributed by atoms with Gasteiger partial charge in [-0.2, -0.15) is 0 Å². The summed E-state index contributed by atoms with van der Waals surface area (Å²) in [6.07, 6.45) is 5.35. The number of nitrogens with zero attached hydrogens (tertiary/aromatic N) is 2. The summed E-state index contributed by atoms with van der Waals surface area (Å²) < 4.78 is 0. The summed E-state index contributed by atoms with van der Waals surface area (Å²) in [6.45, 7) is 1.76. The zero-order chi connectivity index (χ0) is 15.6. The number of benzene rings is 1. The number of piperidine rings is 1. The highest BCUT2D eigenvalue weighted by Crippen LogP contribution is 2.22. The molecule has 4 nitrogen and oxygen atoms in total. The van der Waals surface area contributed by atoms with E-state index in [9.17, 15) is 4.79 Å². The lowest BCUT2D eigenvalue weighted by Crippen LogP contribution is -2.35. The molecular formula is C19H19N3O. The van der Waals surface area contributed by atoms with Crippen molar-refractivity contribution in [2.24, 2.45) is 0 Å². The van der Waals surface area contributed by atoms with Crippen LogP contribution in [0.1, 0.15) is 29.6 Å². The van der Waals surface area contributed by atoms with Crippen LogP contribution in [0.4, 0.5) is 0 Å². The van der Waals surface area contributed by atoms with Gasteiger partial charge in [0.15, 0.2) is 0 Å². The van der Waals surface area contributed by atoms with Gasteiger partial charge in [-0.15, -0.1) is 0 Å². The van der Waals surface area contributed by atoms with Crippen LogP contribution in [0.25, 0.3) is 22.3 Å². The third-order valence-corrected chi connectivity index (χ3v) is 4.48. The van der Waals surface area contributed by atoms with Crippen molar-refractivity contribution >= 4 is 16.9 Å². The minimum atomic E-state index is 0.143. The first kappa shape index (κ1) is 14.0. The topological polar surface area (TPSA) is 49.0 Å². The molecule has 0 atom stereocenters. The molecule has 0 unspecified atom stereocenters. The van der Waals surface area contributed by atoms with Crippen molar-refractivity contribution in [1.82, 2.24) is 14.9 Å². The average molecular weight is 305 g/mol. The van der Waals surface area contributed by atoms with E-state index in [2.05, 4.69) is 16.0 Å². The molecule has 116 valence electrons. The second-order valence-electron chi connectivity index (χ2n) is 6.04. The van der Waals surface area contributed by atoms with E-state index >= 15 is 0 Å². The van der Waals surface area contributed by atoms with Crippen molar-refractivity contribution in [3.05, 3.63) is 54.2 Å². The Bertz CT molecular complexity index is 829. The molecule has 0 spiro atoms. The first-order valence-corrected chi connectivity index (χ1v) is 8.15. The fourth-order valence-corrected chi connectivity index (χ4v) is 3.15. The van der Waals surface area contributed by atoms with Crippen molar-refractivity contribution < 1.29 is 4.79 Å². The van der Waals surface area contributed by atoms with E-state index in [1.807, 2.05) is 47.5 Å². The zero-order valence-electron chi connectivity index (χ0n) is 13.0. The summed E-state index contributed by atoms with van der Waals surface area (Å²) in [7, 11) is 0. The number of likely N-dealkylation sites (tertiary alicyclic amines) is 1. The summed E-state index contributed by atoms with van der Waals surface area (Å²) in [5.41, 5.74) is 3.58. The van der Waals surface area contributed by atoms with E-state index in [-0.39, 0.29) is 5.91 Å². The molecule has 0 aliphatic carbocycles. The Labute approximate surface area is 135 Å². The minimum Gasteiger partial charge on any atom is -0.346 e. The van der Waals surface area contributed by atoms with Gasteiger partial charge in [0.1, 0.15) is 5.65 Å². The van der Waals surface area contributed by atoms with Gasteiger partial charge in [-0.1, -0.05) is 12.1 Å². The number of aromatic nitrogens is 2. The number of nitrogens with one attached hydrogen (secondary N) is 1. The Morgan fingerprint density at radius 3 is 2.52 bits per heavy atom.